The lowest BCUT2D eigenvalue weighted by atomic mass is 9.53. The van der Waals surface area contributed by atoms with Crippen LogP contribution in [0.4, 0.5) is 0 Å². The maximum atomic E-state index is 14.2. The minimum atomic E-state index is -2.37. The molecule has 9 heteroatoms. The molecule has 14 atom stereocenters. The number of ether oxygens (including phenoxy) is 4. The van der Waals surface area contributed by atoms with Gasteiger partial charge in [-0.25, -0.2) is 0 Å². The van der Waals surface area contributed by atoms with Gasteiger partial charge in [0.1, 0.15) is 24.2 Å². The first-order valence-electron chi connectivity index (χ1n) is 12.7. The van der Waals surface area contributed by atoms with E-state index in [0.29, 0.717) is 0 Å². The Kier molecular flexibility index (Phi) is 5.40. The molecule has 6 rings (SSSR count). The SMILES string of the molecule is CC1C2C3C(=O)C(Cl)(Cl)C(=O)[C@H](C)C(=O)O[C@@H](C)C4OC4/C=C\[C@@H](C)[C@@H]3C3OC3[C@@H]2C[C@@]2(C)O[C@@H]12. The van der Waals surface area contributed by atoms with Gasteiger partial charge in [-0.2, -0.15) is 0 Å². The molecular formula is C26H32Cl2O7. The average Bonchev–Trinajstić information content (AvgIpc) is 3.68. The Morgan fingerprint density at radius 3 is 2.34 bits per heavy atom. The van der Waals surface area contributed by atoms with Crippen LogP contribution in [-0.2, 0) is 33.3 Å². The first-order valence-corrected chi connectivity index (χ1v) is 13.5. The third-order valence-corrected chi connectivity index (χ3v) is 10.3. The number of epoxide rings is 3. The van der Waals surface area contributed by atoms with Crippen molar-refractivity contribution in [3.8, 4) is 0 Å². The summed E-state index contributed by atoms with van der Waals surface area (Å²) in [5.41, 5.74) is -0.192. The van der Waals surface area contributed by atoms with Crippen molar-refractivity contribution in [2.45, 2.75) is 87.6 Å². The van der Waals surface area contributed by atoms with Crippen LogP contribution in [-0.4, -0.2) is 64.1 Å². The predicted octanol–water partition coefficient (Wildman–Crippen LogP) is 3.28. The zero-order chi connectivity index (χ0) is 25.2. The largest absolute Gasteiger partial charge is 0.459 e. The molecule has 3 saturated heterocycles. The summed E-state index contributed by atoms with van der Waals surface area (Å²) in [6.07, 6.45) is 3.84. The quantitative estimate of drug-likeness (QED) is 0.157. The van der Waals surface area contributed by atoms with Crippen molar-refractivity contribution in [3.63, 3.8) is 0 Å². The van der Waals surface area contributed by atoms with Crippen LogP contribution in [0.15, 0.2) is 12.2 Å². The summed E-state index contributed by atoms with van der Waals surface area (Å²) in [5.74, 6) is -4.16. The molecule has 4 aliphatic heterocycles. The number of ketones is 2. The van der Waals surface area contributed by atoms with Gasteiger partial charge in [0, 0.05) is 11.8 Å². The minimum Gasteiger partial charge on any atom is -0.459 e. The second-order valence-electron chi connectivity index (χ2n) is 11.8. The summed E-state index contributed by atoms with van der Waals surface area (Å²) in [7, 11) is 0. The number of fused-ring (bicyclic) bond motifs is 8. The Morgan fingerprint density at radius 1 is 0.914 bits per heavy atom. The Balaban J connectivity index is 1.42. The number of Topliss-reactive ketones (excluding diaryl/α,β-unsaturated/α-hetero) is 2. The van der Waals surface area contributed by atoms with Crippen molar-refractivity contribution >= 4 is 40.7 Å². The number of cyclic esters (lactones) is 1. The molecule has 7 nitrogen and oxygen atoms in total. The van der Waals surface area contributed by atoms with Crippen LogP contribution in [0.5, 0.6) is 0 Å². The van der Waals surface area contributed by atoms with E-state index in [4.69, 9.17) is 42.1 Å². The van der Waals surface area contributed by atoms with Crippen molar-refractivity contribution in [2.24, 2.45) is 41.4 Å². The molecule has 7 unspecified atom stereocenters. The number of allylic oxidation sites excluding steroid dienone is 1. The predicted molar refractivity (Wildman–Crippen MR) is 126 cm³/mol. The van der Waals surface area contributed by atoms with Gasteiger partial charge in [-0.05, 0) is 50.9 Å². The fraction of sp³-hybridized carbons (Fsp3) is 0.808. The molecule has 0 aromatic carbocycles. The first-order chi connectivity index (χ1) is 16.4. The number of alkyl halides is 2. The van der Waals surface area contributed by atoms with Gasteiger partial charge >= 0.3 is 5.97 Å². The van der Waals surface area contributed by atoms with Crippen LogP contribution in [0.2, 0.25) is 0 Å². The van der Waals surface area contributed by atoms with Gasteiger partial charge in [0.25, 0.3) is 0 Å². The molecule has 192 valence electrons. The molecule has 0 N–H and O–H groups in total. The van der Waals surface area contributed by atoms with Gasteiger partial charge < -0.3 is 18.9 Å². The number of hydrogen-bond acceptors (Lipinski definition) is 7. The smallest absolute Gasteiger partial charge is 0.316 e. The van der Waals surface area contributed by atoms with E-state index in [1.807, 2.05) is 6.08 Å². The average molecular weight is 527 g/mol. The highest BCUT2D eigenvalue weighted by Crippen LogP contribution is 2.65. The van der Waals surface area contributed by atoms with Crippen molar-refractivity contribution in [1.82, 2.24) is 0 Å². The lowest BCUT2D eigenvalue weighted by Gasteiger charge is -2.48. The summed E-state index contributed by atoms with van der Waals surface area (Å²) in [6, 6.07) is 0. The van der Waals surface area contributed by atoms with Crippen LogP contribution in [0, 0.1) is 41.4 Å². The van der Waals surface area contributed by atoms with Gasteiger partial charge in [-0.3, -0.25) is 14.4 Å². The molecule has 0 bridgehead atoms. The van der Waals surface area contributed by atoms with Crippen molar-refractivity contribution in [2.75, 3.05) is 0 Å². The van der Waals surface area contributed by atoms with Crippen molar-refractivity contribution in [3.05, 3.63) is 12.2 Å². The fourth-order valence-corrected chi connectivity index (χ4v) is 8.16. The third kappa shape index (κ3) is 3.59. The van der Waals surface area contributed by atoms with Gasteiger partial charge in [-0.1, -0.05) is 49.2 Å². The molecule has 0 aromatic rings. The highest BCUT2D eigenvalue weighted by molar-refractivity contribution is 6.68. The van der Waals surface area contributed by atoms with E-state index in [2.05, 4.69) is 26.8 Å². The molecule has 35 heavy (non-hydrogen) atoms. The summed E-state index contributed by atoms with van der Waals surface area (Å²) < 4.78 is 21.1. The van der Waals surface area contributed by atoms with Gasteiger partial charge in [0.05, 0.1) is 23.9 Å². The highest BCUT2D eigenvalue weighted by Gasteiger charge is 2.73. The lowest BCUT2D eigenvalue weighted by molar-refractivity contribution is -0.156. The molecule has 0 amide bonds. The molecular weight excluding hydrogens is 495 g/mol. The zero-order valence-electron chi connectivity index (χ0n) is 20.5. The number of carbonyl (C=O) groups is 3. The number of rotatable bonds is 0. The zero-order valence-corrected chi connectivity index (χ0v) is 22.0. The molecule has 5 fully saturated rings. The van der Waals surface area contributed by atoms with E-state index in [-0.39, 0.29) is 65.7 Å². The van der Waals surface area contributed by atoms with E-state index >= 15 is 0 Å². The molecule has 4 heterocycles. The van der Waals surface area contributed by atoms with Crippen LogP contribution in [0.3, 0.4) is 0 Å². The maximum Gasteiger partial charge on any atom is 0.316 e. The van der Waals surface area contributed by atoms with Crippen molar-refractivity contribution in [1.29, 1.82) is 0 Å². The molecule has 2 saturated carbocycles. The molecule has 0 spiro atoms. The van der Waals surface area contributed by atoms with Gasteiger partial charge in [-0.15, -0.1) is 0 Å². The summed E-state index contributed by atoms with van der Waals surface area (Å²) in [5, 5.41) is 0. The lowest BCUT2D eigenvalue weighted by Crippen LogP contribution is -2.57. The molecule has 6 aliphatic rings. The number of halogens is 2. The highest BCUT2D eigenvalue weighted by atomic mass is 35.5. The Labute approximate surface area is 215 Å². The second kappa shape index (κ2) is 7.76. The molecule has 0 aromatic heterocycles. The Hall–Kier alpha value is -0.990. The molecule has 0 radical (unpaired) electrons. The van der Waals surface area contributed by atoms with E-state index < -0.39 is 39.8 Å². The summed E-state index contributed by atoms with van der Waals surface area (Å²) >= 11 is 13.2. The number of esters is 1. The van der Waals surface area contributed by atoms with E-state index in [1.54, 1.807) is 6.92 Å². The van der Waals surface area contributed by atoms with Gasteiger partial charge in [0.15, 0.2) is 11.6 Å². The monoisotopic (exact) mass is 526 g/mol. The second-order valence-corrected chi connectivity index (χ2v) is 13.1. The minimum absolute atomic E-state index is 0.0390. The summed E-state index contributed by atoms with van der Waals surface area (Å²) in [6.45, 7) is 9.40. The fourth-order valence-electron chi connectivity index (χ4n) is 7.58. The van der Waals surface area contributed by atoms with Crippen LogP contribution >= 0.6 is 23.2 Å². The Bertz CT molecular complexity index is 1010. The third-order valence-electron chi connectivity index (χ3n) is 9.56. The maximum absolute atomic E-state index is 14.2. The van der Waals surface area contributed by atoms with Crippen LogP contribution in [0.25, 0.3) is 0 Å². The molecule has 2 aliphatic carbocycles. The van der Waals surface area contributed by atoms with E-state index in [9.17, 15) is 14.4 Å². The van der Waals surface area contributed by atoms with Crippen LogP contribution in [0.1, 0.15) is 41.0 Å². The standard InChI is InChI=1S/C26H32Cl2O7/c1-9-6-7-14-18(33-14)12(4)32-24(31)11(3)21(29)26(27,28)22(30)17-15(9)20-19(34-20)13-8-25(5)23(35-25)10(2)16(13)17/h6-7,9-20,23H,8H2,1-5H3/b7-6-/t9-,10?,11+,12+,13-,14?,15+,16?,17?,18?,19?,20?,23+,25-/m1/s1. The van der Waals surface area contributed by atoms with Crippen molar-refractivity contribution < 1.29 is 33.3 Å². The summed E-state index contributed by atoms with van der Waals surface area (Å²) in [4.78, 5) is 40.3. The number of carbonyl (C=O) groups excluding carboxylic acids is 3. The van der Waals surface area contributed by atoms with Crippen LogP contribution < -0.4 is 0 Å². The topological polar surface area (TPSA) is 98.0 Å². The van der Waals surface area contributed by atoms with E-state index in [0.717, 1.165) is 6.42 Å². The Morgan fingerprint density at radius 2 is 1.63 bits per heavy atom. The number of hydrogen-bond donors (Lipinski definition) is 0. The van der Waals surface area contributed by atoms with Gasteiger partial charge in [0.2, 0.25) is 4.33 Å². The normalized spacial score (nSPS) is 57.2. The van der Waals surface area contributed by atoms with E-state index in [1.165, 1.54) is 6.92 Å². The first kappa shape index (κ1) is 24.4.